The molecule has 2 aromatic rings. The number of anilines is 2. The third kappa shape index (κ3) is 6.17. The summed E-state index contributed by atoms with van der Waals surface area (Å²) in [5, 5.41) is 6.02. The minimum Gasteiger partial charge on any atom is -0.326 e. The average Bonchev–Trinajstić information content (AvgIpc) is 3.54. The van der Waals surface area contributed by atoms with Gasteiger partial charge in [-0.05, 0) is 61.4 Å². The smallest absolute Gasteiger partial charge is 0.238 e. The maximum atomic E-state index is 12.6. The first-order chi connectivity index (χ1) is 14.3. The van der Waals surface area contributed by atoms with Gasteiger partial charge >= 0.3 is 0 Å². The Hall–Kier alpha value is -2.66. The first-order valence-corrected chi connectivity index (χ1v) is 10.8. The molecule has 0 heterocycles. The molecule has 1 aliphatic rings. The molecule has 0 aromatic heterocycles. The van der Waals surface area contributed by atoms with Crippen LogP contribution >= 0.6 is 0 Å². The van der Waals surface area contributed by atoms with E-state index >= 15 is 0 Å². The second kappa shape index (κ2) is 9.90. The number of hydrogen-bond acceptors (Lipinski definition) is 3. The number of hydrogen-bond donors (Lipinski definition) is 2. The van der Waals surface area contributed by atoms with Crippen molar-refractivity contribution in [1.29, 1.82) is 0 Å². The summed E-state index contributed by atoms with van der Waals surface area (Å²) in [5.74, 6) is 0.425. The molecular weight excluding hydrogens is 374 g/mol. The van der Waals surface area contributed by atoms with Crippen LogP contribution in [-0.2, 0) is 9.59 Å². The molecule has 3 rings (SSSR count). The zero-order valence-electron chi connectivity index (χ0n) is 18.5. The molecule has 0 bridgehead atoms. The van der Waals surface area contributed by atoms with E-state index in [1.807, 2.05) is 44.2 Å². The summed E-state index contributed by atoms with van der Waals surface area (Å²) < 4.78 is 0. The van der Waals surface area contributed by atoms with Crippen molar-refractivity contribution >= 4 is 23.2 Å². The standard InChI is InChI=1S/C25H33N3O2/c1-17(2)20-8-10-21(11-9-20)26-23(29)14-15-28(22-12-13-22)16-24(30)27-25-18(3)6-5-7-19(25)4/h5-11,17,22H,12-16H2,1-4H3,(H,26,29)(H,27,30). The number of amides is 2. The van der Waals surface area contributed by atoms with Crippen LogP contribution in [0.4, 0.5) is 11.4 Å². The lowest BCUT2D eigenvalue weighted by Gasteiger charge is -2.22. The second-order valence-electron chi connectivity index (χ2n) is 8.59. The maximum Gasteiger partial charge on any atom is 0.238 e. The number of nitrogens with zero attached hydrogens (tertiary/aromatic N) is 1. The Morgan fingerprint density at radius 3 is 2.17 bits per heavy atom. The second-order valence-corrected chi connectivity index (χ2v) is 8.59. The summed E-state index contributed by atoms with van der Waals surface area (Å²) in [6, 6.07) is 14.4. The monoisotopic (exact) mass is 407 g/mol. The van der Waals surface area contributed by atoms with Crippen molar-refractivity contribution in [2.75, 3.05) is 23.7 Å². The minimum absolute atomic E-state index is 0.0203. The zero-order valence-corrected chi connectivity index (χ0v) is 18.5. The van der Waals surface area contributed by atoms with Gasteiger partial charge in [0.2, 0.25) is 11.8 Å². The fourth-order valence-electron chi connectivity index (χ4n) is 3.63. The Morgan fingerprint density at radius 2 is 1.60 bits per heavy atom. The van der Waals surface area contributed by atoms with Gasteiger partial charge in [-0.25, -0.2) is 0 Å². The van der Waals surface area contributed by atoms with Gasteiger partial charge in [0.05, 0.1) is 6.54 Å². The molecule has 0 unspecified atom stereocenters. The molecule has 0 spiro atoms. The fourth-order valence-corrected chi connectivity index (χ4v) is 3.63. The number of aryl methyl sites for hydroxylation is 2. The van der Waals surface area contributed by atoms with Crippen molar-refractivity contribution < 1.29 is 9.59 Å². The molecule has 0 radical (unpaired) electrons. The number of rotatable bonds is 9. The van der Waals surface area contributed by atoms with Crippen molar-refractivity contribution in [2.24, 2.45) is 0 Å². The van der Waals surface area contributed by atoms with E-state index in [-0.39, 0.29) is 11.8 Å². The number of benzene rings is 2. The Morgan fingerprint density at radius 1 is 0.967 bits per heavy atom. The van der Waals surface area contributed by atoms with Gasteiger partial charge in [-0.15, -0.1) is 0 Å². The van der Waals surface area contributed by atoms with Gasteiger partial charge in [0, 0.05) is 30.4 Å². The van der Waals surface area contributed by atoms with Gasteiger partial charge in [0.25, 0.3) is 0 Å². The summed E-state index contributed by atoms with van der Waals surface area (Å²) in [6.07, 6.45) is 2.56. The number of para-hydroxylation sites is 1. The van der Waals surface area contributed by atoms with Crippen LogP contribution in [0.15, 0.2) is 42.5 Å². The van der Waals surface area contributed by atoms with Crippen molar-refractivity contribution in [3.8, 4) is 0 Å². The lowest BCUT2D eigenvalue weighted by Crippen LogP contribution is -2.37. The van der Waals surface area contributed by atoms with E-state index in [2.05, 4.69) is 41.5 Å². The van der Waals surface area contributed by atoms with Crippen molar-refractivity contribution in [1.82, 2.24) is 4.90 Å². The third-order valence-corrected chi connectivity index (χ3v) is 5.64. The van der Waals surface area contributed by atoms with E-state index in [0.29, 0.717) is 31.5 Å². The van der Waals surface area contributed by atoms with E-state index in [4.69, 9.17) is 0 Å². The highest BCUT2D eigenvalue weighted by Gasteiger charge is 2.30. The largest absolute Gasteiger partial charge is 0.326 e. The molecule has 2 amide bonds. The van der Waals surface area contributed by atoms with E-state index in [1.54, 1.807) is 0 Å². The molecule has 160 valence electrons. The SMILES string of the molecule is Cc1cccc(C)c1NC(=O)CN(CCC(=O)Nc1ccc(C(C)C)cc1)C1CC1. The molecule has 2 aromatic carbocycles. The molecule has 30 heavy (non-hydrogen) atoms. The highest BCUT2D eigenvalue weighted by atomic mass is 16.2. The summed E-state index contributed by atoms with van der Waals surface area (Å²) in [4.78, 5) is 27.2. The Bertz CT molecular complexity index is 866. The molecule has 1 fully saturated rings. The predicted octanol–water partition coefficient (Wildman–Crippen LogP) is 4.86. The van der Waals surface area contributed by atoms with Crippen molar-refractivity contribution in [3.05, 3.63) is 59.2 Å². The van der Waals surface area contributed by atoms with Crippen LogP contribution < -0.4 is 10.6 Å². The van der Waals surface area contributed by atoms with Gasteiger partial charge in [-0.3, -0.25) is 14.5 Å². The number of nitrogens with one attached hydrogen (secondary N) is 2. The predicted molar refractivity (Wildman–Crippen MR) is 123 cm³/mol. The Labute approximate surface area is 179 Å². The molecule has 1 saturated carbocycles. The first kappa shape index (κ1) is 22.0. The van der Waals surface area contributed by atoms with Crippen molar-refractivity contribution in [3.63, 3.8) is 0 Å². The molecule has 0 atom stereocenters. The summed E-state index contributed by atoms with van der Waals surface area (Å²) in [7, 11) is 0. The van der Waals surface area contributed by atoms with Gasteiger partial charge in [-0.1, -0.05) is 44.2 Å². The highest BCUT2D eigenvalue weighted by molar-refractivity contribution is 5.94. The van der Waals surface area contributed by atoms with Crippen LogP contribution in [0.5, 0.6) is 0 Å². The maximum absolute atomic E-state index is 12.6. The number of carbonyl (C=O) groups excluding carboxylic acids is 2. The van der Waals surface area contributed by atoms with Crippen LogP contribution in [0.25, 0.3) is 0 Å². The molecular formula is C25H33N3O2. The number of carbonyl (C=O) groups is 2. The molecule has 5 nitrogen and oxygen atoms in total. The summed E-state index contributed by atoms with van der Waals surface area (Å²) in [6.45, 7) is 9.20. The van der Waals surface area contributed by atoms with E-state index in [9.17, 15) is 9.59 Å². The highest BCUT2D eigenvalue weighted by Crippen LogP contribution is 2.27. The van der Waals surface area contributed by atoms with Gasteiger partial charge < -0.3 is 10.6 Å². The van der Waals surface area contributed by atoms with Gasteiger partial charge in [0.1, 0.15) is 0 Å². The quantitative estimate of drug-likeness (QED) is 0.624. The third-order valence-electron chi connectivity index (χ3n) is 5.64. The van der Waals surface area contributed by atoms with E-state index < -0.39 is 0 Å². The minimum atomic E-state index is -0.0241. The lowest BCUT2D eigenvalue weighted by molar-refractivity contribution is -0.119. The molecule has 1 aliphatic carbocycles. The van der Waals surface area contributed by atoms with Gasteiger partial charge in [0.15, 0.2) is 0 Å². The summed E-state index contributed by atoms with van der Waals surface area (Å²) >= 11 is 0. The fraction of sp³-hybridized carbons (Fsp3) is 0.440. The van der Waals surface area contributed by atoms with Crippen LogP contribution in [0.1, 0.15) is 55.7 Å². The lowest BCUT2D eigenvalue weighted by atomic mass is 10.0. The zero-order chi connectivity index (χ0) is 21.7. The molecule has 5 heteroatoms. The van der Waals surface area contributed by atoms with Crippen molar-refractivity contribution in [2.45, 2.75) is 58.9 Å². The van der Waals surface area contributed by atoms with Crippen LogP contribution in [0.3, 0.4) is 0 Å². The molecule has 0 saturated heterocycles. The molecule has 2 N–H and O–H groups in total. The Kier molecular flexibility index (Phi) is 7.27. The van der Waals surface area contributed by atoms with Crippen LogP contribution in [0, 0.1) is 13.8 Å². The van der Waals surface area contributed by atoms with Crippen LogP contribution in [0.2, 0.25) is 0 Å². The summed E-state index contributed by atoms with van der Waals surface area (Å²) in [5.41, 5.74) is 5.08. The normalized spacial score (nSPS) is 13.5. The average molecular weight is 408 g/mol. The van der Waals surface area contributed by atoms with Gasteiger partial charge in [-0.2, -0.15) is 0 Å². The first-order valence-electron chi connectivity index (χ1n) is 10.8. The van der Waals surface area contributed by atoms with E-state index in [1.165, 1.54) is 5.56 Å². The van der Waals surface area contributed by atoms with E-state index in [0.717, 1.165) is 35.3 Å². The van der Waals surface area contributed by atoms with Crippen LogP contribution in [-0.4, -0.2) is 35.8 Å². The Balaban J connectivity index is 1.50. The molecule has 0 aliphatic heterocycles. The topological polar surface area (TPSA) is 61.4 Å².